The lowest BCUT2D eigenvalue weighted by atomic mass is 10.2. The van der Waals surface area contributed by atoms with Crippen molar-refractivity contribution in [3.63, 3.8) is 0 Å². The number of rotatable bonds is 7. The van der Waals surface area contributed by atoms with Crippen molar-refractivity contribution in [3.05, 3.63) is 29.6 Å². The summed E-state index contributed by atoms with van der Waals surface area (Å²) in [5.74, 6) is -0.357. The highest BCUT2D eigenvalue weighted by atomic mass is 16.5. The maximum Gasteiger partial charge on any atom is 0.328 e. The van der Waals surface area contributed by atoms with Crippen LogP contribution in [0.5, 0.6) is 5.75 Å². The van der Waals surface area contributed by atoms with Gasteiger partial charge in [0.25, 0.3) is 0 Å². The third-order valence-corrected chi connectivity index (χ3v) is 2.41. The second-order valence-electron chi connectivity index (χ2n) is 4.06. The van der Waals surface area contributed by atoms with E-state index >= 15 is 0 Å². The molecule has 0 saturated heterocycles. The van der Waals surface area contributed by atoms with E-state index in [-0.39, 0.29) is 0 Å². The summed E-state index contributed by atoms with van der Waals surface area (Å²) in [7, 11) is 0. The molecule has 0 saturated carbocycles. The predicted octanol–water partition coefficient (Wildman–Crippen LogP) is 3.06. The number of ether oxygens (including phenoxy) is 1. The largest absolute Gasteiger partial charge is 0.491 e. The van der Waals surface area contributed by atoms with Crippen LogP contribution in [-0.4, -0.2) is 22.7 Å². The number of aryl methyl sites for hydroxylation is 1. The molecule has 0 atom stereocenters. The van der Waals surface area contributed by atoms with Crippen LogP contribution < -0.4 is 4.74 Å². The summed E-state index contributed by atoms with van der Waals surface area (Å²) in [4.78, 5) is 14.8. The van der Waals surface area contributed by atoms with Gasteiger partial charge in [-0.05, 0) is 31.6 Å². The monoisotopic (exact) mass is 249 g/mol. The predicted molar refractivity (Wildman–Crippen MR) is 70.7 cm³/mol. The maximum absolute atomic E-state index is 10.5. The van der Waals surface area contributed by atoms with Crippen LogP contribution in [0.25, 0.3) is 6.08 Å². The average molecular weight is 249 g/mol. The summed E-state index contributed by atoms with van der Waals surface area (Å²) < 4.78 is 5.62. The van der Waals surface area contributed by atoms with Crippen LogP contribution in [0.2, 0.25) is 0 Å². The highest BCUT2D eigenvalue weighted by Crippen LogP contribution is 2.19. The second kappa shape index (κ2) is 7.48. The number of carboxylic acids is 1. The number of pyridine rings is 1. The van der Waals surface area contributed by atoms with Crippen LogP contribution >= 0.6 is 0 Å². The van der Waals surface area contributed by atoms with Crippen LogP contribution in [0.15, 0.2) is 18.2 Å². The molecule has 0 aliphatic rings. The molecule has 0 aliphatic heterocycles. The van der Waals surface area contributed by atoms with E-state index in [1.807, 2.05) is 19.1 Å². The van der Waals surface area contributed by atoms with Crippen molar-refractivity contribution in [1.82, 2.24) is 4.98 Å². The Hall–Kier alpha value is -1.84. The fraction of sp³-hybridized carbons (Fsp3) is 0.429. The van der Waals surface area contributed by atoms with Gasteiger partial charge in [0.05, 0.1) is 6.61 Å². The molecule has 0 spiro atoms. The molecule has 0 fully saturated rings. The minimum absolute atomic E-state index is 0.564. The molecule has 18 heavy (non-hydrogen) atoms. The molecule has 0 aromatic carbocycles. The Kier molecular flexibility index (Phi) is 5.91. The fourth-order valence-electron chi connectivity index (χ4n) is 1.49. The summed E-state index contributed by atoms with van der Waals surface area (Å²) in [6, 6.07) is 3.68. The molecule has 4 heteroatoms. The van der Waals surface area contributed by atoms with Crippen LogP contribution in [0.1, 0.15) is 37.6 Å². The Morgan fingerprint density at radius 3 is 2.89 bits per heavy atom. The molecular formula is C14H19NO3. The first-order chi connectivity index (χ1) is 8.63. The molecule has 1 aromatic rings. The van der Waals surface area contributed by atoms with Crippen molar-refractivity contribution in [1.29, 1.82) is 0 Å². The van der Waals surface area contributed by atoms with E-state index < -0.39 is 5.97 Å². The van der Waals surface area contributed by atoms with Gasteiger partial charge in [0.2, 0.25) is 0 Å². The number of carbonyl (C=O) groups is 1. The molecule has 1 aromatic heterocycles. The molecule has 0 unspecified atom stereocenters. The van der Waals surface area contributed by atoms with E-state index in [0.717, 1.165) is 31.0 Å². The molecule has 1 N–H and O–H groups in total. The second-order valence-corrected chi connectivity index (χ2v) is 4.06. The van der Waals surface area contributed by atoms with Gasteiger partial charge in [0, 0.05) is 11.8 Å². The van der Waals surface area contributed by atoms with Crippen molar-refractivity contribution in [2.75, 3.05) is 6.61 Å². The SMILES string of the molecule is CCCCCOc1ccc(C)nc1C=CC(=O)O. The Morgan fingerprint density at radius 2 is 2.22 bits per heavy atom. The summed E-state index contributed by atoms with van der Waals surface area (Å²) in [6.07, 6.45) is 5.79. The molecule has 0 bridgehead atoms. The zero-order valence-corrected chi connectivity index (χ0v) is 10.8. The zero-order chi connectivity index (χ0) is 13.4. The van der Waals surface area contributed by atoms with Crippen molar-refractivity contribution < 1.29 is 14.6 Å². The van der Waals surface area contributed by atoms with Crippen molar-refractivity contribution in [2.45, 2.75) is 33.1 Å². The molecule has 0 aliphatic carbocycles. The first kappa shape index (κ1) is 14.2. The van der Waals surface area contributed by atoms with Gasteiger partial charge in [-0.1, -0.05) is 19.8 Å². The maximum atomic E-state index is 10.5. The molecule has 0 radical (unpaired) electrons. The molecule has 4 nitrogen and oxygen atoms in total. The molecular weight excluding hydrogens is 230 g/mol. The molecule has 98 valence electrons. The average Bonchev–Trinajstić information content (AvgIpc) is 2.34. The van der Waals surface area contributed by atoms with Crippen LogP contribution in [0.4, 0.5) is 0 Å². The van der Waals surface area contributed by atoms with E-state index in [9.17, 15) is 4.79 Å². The highest BCUT2D eigenvalue weighted by Gasteiger charge is 2.03. The number of aromatic nitrogens is 1. The zero-order valence-electron chi connectivity index (χ0n) is 10.8. The normalized spacial score (nSPS) is 10.8. The molecule has 1 heterocycles. The number of carboxylic acid groups (broad SMARTS) is 1. The van der Waals surface area contributed by atoms with Crippen molar-refractivity contribution in [2.24, 2.45) is 0 Å². The van der Waals surface area contributed by atoms with E-state index in [0.29, 0.717) is 18.1 Å². The van der Waals surface area contributed by atoms with E-state index in [1.54, 1.807) is 0 Å². The van der Waals surface area contributed by atoms with Gasteiger partial charge in [0.1, 0.15) is 11.4 Å². The van der Waals surface area contributed by atoms with Gasteiger partial charge in [-0.15, -0.1) is 0 Å². The lowest BCUT2D eigenvalue weighted by Crippen LogP contribution is -2.00. The standard InChI is InChI=1S/C14H19NO3/c1-3-4-5-10-18-13-8-6-11(2)15-12(13)7-9-14(16)17/h6-9H,3-5,10H2,1-2H3,(H,16,17). The van der Waals surface area contributed by atoms with Crippen LogP contribution in [-0.2, 0) is 4.79 Å². The highest BCUT2D eigenvalue weighted by molar-refractivity contribution is 5.85. The minimum atomic E-state index is -0.991. The summed E-state index contributed by atoms with van der Waals surface area (Å²) >= 11 is 0. The topological polar surface area (TPSA) is 59.4 Å². The Balaban J connectivity index is 2.73. The first-order valence-corrected chi connectivity index (χ1v) is 6.15. The fourth-order valence-corrected chi connectivity index (χ4v) is 1.49. The van der Waals surface area contributed by atoms with E-state index in [2.05, 4.69) is 11.9 Å². The Bertz CT molecular complexity index is 427. The summed E-state index contributed by atoms with van der Waals surface area (Å²) in [5, 5.41) is 8.63. The van der Waals surface area contributed by atoms with E-state index in [1.165, 1.54) is 6.08 Å². The molecule has 1 rings (SSSR count). The van der Waals surface area contributed by atoms with Crippen LogP contribution in [0, 0.1) is 6.92 Å². The number of hydrogen-bond donors (Lipinski definition) is 1. The summed E-state index contributed by atoms with van der Waals surface area (Å²) in [6.45, 7) is 4.62. The van der Waals surface area contributed by atoms with Gasteiger partial charge in [-0.25, -0.2) is 9.78 Å². The number of hydrogen-bond acceptors (Lipinski definition) is 3. The van der Waals surface area contributed by atoms with Gasteiger partial charge in [-0.3, -0.25) is 0 Å². The van der Waals surface area contributed by atoms with E-state index in [4.69, 9.17) is 9.84 Å². The van der Waals surface area contributed by atoms with Gasteiger partial charge >= 0.3 is 5.97 Å². The third-order valence-electron chi connectivity index (χ3n) is 2.41. The van der Waals surface area contributed by atoms with Gasteiger partial charge in [-0.2, -0.15) is 0 Å². The first-order valence-electron chi connectivity index (χ1n) is 6.15. The lowest BCUT2D eigenvalue weighted by Gasteiger charge is -2.08. The molecule has 0 amide bonds. The van der Waals surface area contributed by atoms with Crippen molar-refractivity contribution in [3.8, 4) is 5.75 Å². The Morgan fingerprint density at radius 1 is 1.44 bits per heavy atom. The third kappa shape index (κ3) is 4.99. The lowest BCUT2D eigenvalue weighted by molar-refractivity contribution is -0.131. The van der Waals surface area contributed by atoms with Gasteiger partial charge in [0.15, 0.2) is 0 Å². The summed E-state index contributed by atoms with van der Waals surface area (Å²) in [5.41, 5.74) is 1.40. The Labute approximate surface area is 107 Å². The quantitative estimate of drug-likeness (QED) is 0.596. The number of unbranched alkanes of at least 4 members (excludes halogenated alkanes) is 2. The van der Waals surface area contributed by atoms with Gasteiger partial charge < -0.3 is 9.84 Å². The minimum Gasteiger partial charge on any atom is -0.491 e. The smallest absolute Gasteiger partial charge is 0.328 e. The number of aliphatic carboxylic acids is 1. The van der Waals surface area contributed by atoms with Crippen LogP contribution in [0.3, 0.4) is 0 Å². The van der Waals surface area contributed by atoms with Crippen molar-refractivity contribution >= 4 is 12.0 Å². The number of nitrogens with zero attached hydrogens (tertiary/aromatic N) is 1.